The van der Waals surface area contributed by atoms with Gasteiger partial charge in [-0.2, -0.15) is 0 Å². The number of benzene rings is 1. The number of hydrogen-bond donors (Lipinski definition) is 3. The standard InChI is InChI=1S/C19H28N4O3.2ClH/c1-22-9-3-4-15(12-22)23(2)19(26)13-5-7-14(8-6-13)21-18(25)17-10-16(24)11-20-17;;/h5-8,15-17,20,24H,3-4,9-12H2,1-2H3,(H,21,25);2*1H. The molecule has 2 aliphatic heterocycles. The number of aliphatic hydroxyl groups excluding tert-OH is 1. The molecule has 28 heavy (non-hydrogen) atoms. The van der Waals surface area contributed by atoms with E-state index < -0.39 is 6.10 Å². The van der Waals surface area contributed by atoms with Crippen LogP contribution in [-0.2, 0) is 4.79 Å². The van der Waals surface area contributed by atoms with Crippen LogP contribution in [0.15, 0.2) is 24.3 Å². The first-order valence-electron chi connectivity index (χ1n) is 9.22. The van der Waals surface area contributed by atoms with Gasteiger partial charge in [-0.25, -0.2) is 0 Å². The fourth-order valence-electron chi connectivity index (χ4n) is 3.67. The summed E-state index contributed by atoms with van der Waals surface area (Å²) >= 11 is 0. The highest BCUT2D eigenvalue weighted by Gasteiger charge is 2.28. The smallest absolute Gasteiger partial charge is 0.253 e. The van der Waals surface area contributed by atoms with Gasteiger partial charge in [0, 0.05) is 37.4 Å². The first kappa shape index (κ1) is 24.7. The predicted molar refractivity (Wildman–Crippen MR) is 115 cm³/mol. The van der Waals surface area contributed by atoms with Crippen LogP contribution in [0.2, 0.25) is 0 Å². The normalized spacial score (nSPS) is 24.6. The van der Waals surface area contributed by atoms with Crippen molar-refractivity contribution in [2.45, 2.75) is 37.5 Å². The molecule has 0 aliphatic carbocycles. The average Bonchev–Trinajstić information content (AvgIpc) is 3.08. The molecule has 0 aromatic heterocycles. The molecule has 3 atom stereocenters. The molecular formula is C19H30Cl2N4O3. The van der Waals surface area contributed by atoms with E-state index in [1.165, 1.54) is 0 Å². The maximum atomic E-state index is 12.7. The third-order valence-corrected chi connectivity index (χ3v) is 5.29. The molecule has 3 N–H and O–H groups in total. The van der Waals surface area contributed by atoms with E-state index in [0.717, 1.165) is 25.9 Å². The summed E-state index contributed by atoms with van der Waals surface area (Å²) in [6.07, 6.45) is 2.08. The summed E-state index contributed by atoms with van der Waals surface area (Å²) in [4.78, 5) is 29.0. The van der Waals surface area contributed by atoms with Crippen molar-refractivity contribution < 1.29 is 14.7 Å². The molecule has 1 aromatic rings. The van der Waals surface area contributed by atoms with E-state index in [1.54, 1.807) is 24.3 Å². The Morgan fingerprint density at radius 2 is 1.93 bits per heavy atom. The first-order chi connectivity index (χ1) is 12.4. The van der Waals surface area contributed by atoms with Crippen LogP contribution in [0.25, 0.3) is 0 Å². The molecular weight excluding hydrogens is 403 g/mol. The van der Waals surface area contributed by atoms with Gasteiger partial charge in [-0.05, 0) is 57.1 Å². The van der Waals surface area contributed by atoms with E-state index in [9.17, 15) is 14.7 Å². The van der Waals surface area contributed by atoms with Gasteiger partial charge in [0.2, 0.25) is 5.91 Å². The molecule has 3 unspecified atom stereocenters. The van der Waals surface area contributed by atoms with Crippen LogP contribution in [0, 0.1) is 0 Å². The van der Waals surface area contributed by atoms with Gasteiger partial charge in [-0.1, -0.05) is 0 Å². The van der Waals surface area contributed by atoms with Gasteiger partial charge >= 0.3 is 0 Å². The number of likely N-dealkylation sites (tertiary alicyclic amines) is 1. The molecule has 3 rings (SSSR count). The van der Waals surface area contributed by atoms with Crippen LogP contribution in [0.4, 0.5) is 5.69 Å². The summed E-state index contributed by atoms with van der Waals surface area (Å²) in [5.41, 5.74) is 1.27. The number of anilines is 1. The van der Waals surface area contributed by atoms with Crippen molar-refractivity contribution in [2.24, 2.45) is 0 Å². The Hall–Kier alpha value is -1.38. The van der Waals surface area contributed by atoms with Gasteiger partial charge in [-0.15, -0.1) is 24.8 Å². The highest BCUT2D eigenvalue weighted by atomic mass is 35.5. The molecule has 2 aliphatic rings. The molecule has 0 radical (unpaired) electrons. The fraction of sp³-hybridized carbons (Fsp3) is 0.579. The summed E-state index contributed by atoms with van der Waals surface area (Å²) in [7, 11) is 3.94. The second kappa shape index (κ2) is 11.0. The summed E-state index contributed by atoms with van der Waals surface area (Å²) in [6, 6.07) is 6.85. The molecule has 1 aromatic carbocycles. The molecule has 2 fully saturated rings. The molecule has 0 saturated carbocycles. The highest BCUT2D eigenvalue weighted by molar-refractivity contribution is 5.97. The number of carbonyl (C=O) groups excluding carboxylic acids is 2. The number of nitrogens with zero attached hydrogens (tertiary/aromatic N) is 2. The minimum atomic E-state index is -0.472. The molecule has 0 bridgehead atoms. The van der Waals surface area contributed by atoms with E-state index in [0.29, 0.717) is 24.2 Å². The first-order valence-corrected chi connectivity index (χ1v) is 9.22. The number of nitrogens with one attached hydrogen (secondary N) is 2. The molecule has 7 nitrogen and oxygen atoms in total. The maximum absolute atomic E-state index is 12.7. The quantitative estimate of drug-likeness (QED) is 0.668. The minimum Gasteiger partial charge on any atom is -0.392 e. The van der Waals surface area contributed by atoms with Crippen LogP contribution in [0.1, 0.15) is 29.6 Å². The third-order valence-electron chi connectivity index (χ3n) is 5.29. The Balaban J connectivity index is 0.00000196. The lowest BCUT2D eigenvalue weighted by Crippen LogP contribution is -2.47. The average molecular weight is 433 g/mol. The summed E-state index contributed by atoms with van der Waals surface area (Å²) in [5, 5.41) is 15.3. The third kappa shape index (κ3) is 6.06. The number of likely N-dealkylation sites (N-methyl/N-ethyl adjacent to an activating group) is 2. The Morgan fingerprint density at radius 3 is 2.50 bits per heavy atom. The van der Waals surface area contributed by atoms with Gasteiger partial charge in [0.15, 0.2) is 0 Å². The van der Waals surface area contributed by atoms with Gasteiger partial charge in [0.25, 0.3) is 5.91 Å². The van der Waals surface area contributed by atoms with Crippen LogP contribution in [0.5, 0.6) is 0 Å². The monoisotopic (exact) mass is 432 g/mol. The molecule has 9 heteroatoms. The summed E-state index contributed by atoms with van der Waals surface area (Å²) < 4.78 is 0. The Morgan fingerprint density at radius 1 is 1.25 bits per heavy atom. The van der Waals surface area contributed by atoms with Crippen molar-refractivity contribution in [1.82, 2.24) is 15.1 Å². The van der Waals surface area contributed by atoms with Crippen molar-refractivity contribution in [3.05, 3.63) is 29.8 Å². The van der Waals surface area contributed by atoms with Gasteiger partial charge < -0.3 is 25.5 Å². The Labute approximate surface area is 178 Å². The number of hydrogen-bond acceptors (Lipinski definition) is 5. The number of carbonyl (C=O) groups is 2. The van der Waals surface area contributed by atoms with E-state index in [4.69, 9.17) is 0 Å². The SMILES string of the molecule is CN1CCCC(N(C)C(=O)c2ccc(NC(=O)C3CC(O)CN3)cc2)C1.Cl.Cl. The second-order valence-electron chi connectivity index (χ2n) is 7.39. The zero-order valence-corrected chi connectivity index (χ0v) is 17.9. The van der Waals surface area contributed by atoms with Crippen LogP contribution >= 0.6 is 24.8 Å². The lowest BCUT2D eigenvalue weighted by atomic mass is 10.0. The number of aliphatic hydroxyl groups is 1. The zero-order chi connectivity index (χ0) is 18.7. The topological polar surface area (TPSA) is 84.9 Å². The van der Waals surface area contributed by atoms with E-state index in [2.05, 4.69) is 22.6 Å². The van der Waals surface area contributed by atoms with E-state index in [-0.39, 0.29) is 48.7 Å². The van der Waals surface area contributed by atoms with E-state index in [1.807, 2.05) is 11.9 Å². The number of β-amino-alcohol motifs (C(OH)–C–C–N with tert-alkyl or cyclic N) is 1. The molecule has 0 spiro atoms. The van der Waals surface area contributed by atoms with Crippen molar-refractivity contribution >= 4 is 42.3 Å². The predicted octanol–water partition coefficient (Wildman–Crippen LogP) is 1.36. The molecule has 158 valence electrons. The van der Waals surface area contributed by atoms with Gasteiger partial charge in [0.05, 0.1) is 12.1 Å². The van der Waals surface area contributed by atoms with Crippen molar-refractivity contribution in [3.63, 3.8) is 0 Å². The van der Waals surface area contributed by atoms with Crippen LogP contribution < -0.4 is 10.6 Å². The van der Waals surface area contributed by atoms with Gasteiger partial charge in [-0.3, -0.25) is 9.59 Å². The molecule has 2 saturated heterocycles. The maximum Gasteiger partial charge on any atom is 0.253 e. The highest BCUT2D eigenvalue weighted by Crippen LogP contribution is 2.18. The van der Waals surface area contributed by atoms with Crippen molar-refractivity contribution in [3.8, 4) is 0 Å². The molecule has 2 heterocycles. The van der Waals surface area contributed by atoms with Crippen molar-refractivity contribution in [2.75, 3.05) is 39.0 Å². The van der Waals surface area contributed by atoms with Crippen LogP contribution in [0.3, 0.4) is 0 Å². The lowest BCUT2D eigenvalue weighted by molar-refractivity contribution is -0.117. The Bertz CT molecular complexity index is 659. The largest absolute Gasteiger partial charge is 0.392 e. The second-order valence-corrected chi connectivity index (χ2v) is 7.39. The minimum absolute atomic E-state index is 0. The number of halogens is 2. The van der Waals surface area contributed by atoms with Crippen molar-refractivity contribution in [1.29, 1.82) is 0 Å². The number of piperidine rings is 1. The number of rotatable bonds is 4. The zero-order valence-electron chi connectivity index (χ0n) is 16.3. The van der Waals surface area contributed by atoms with Gasteiger partial charge in [0.1, 0.15) is 0 Å². The molecule has 2 amide bonds. The lowest BCUT2D eigenvalue weighted by Gasteiger charge is -2.35. The summed E-state index contributed by atoms with van der Waals surface area (Å²) in [5.74, 6) is -0.160. The van der Waals surface area contributed by atoms with E-state index >= 15 is 0 Å². The summed E-state index contributed by atoms with van der Waals surface area (Å²) in [6.45, 7) is 2.42. The number of amides is 2. The van der Waals surface area contributed by atoms with Crippen LogP contribution in [-0.4, -0.2) is 78.6 Å². The fourth-order valence-corrected chi connectivity index (χ4v) is 3.67. The Kier molecular flexibility index (Phi) is 9.66.